The molecule has 126 valence electrons. The number of pyridine rings is 1. The van der Waals surface area contributed by atoms with Crippen LogP contribution in [0.15, 0.2) is 60.8 Å². The molecule has 3 rings (SSSR count). The number of nitrogens with zero attached hydrogens (tertiary/aromatic N) is 1. The minimum atomic E-state index is -0.375. The van der Waals surface area contributed by atoms with E-state index in [1.54, 1.807) is 42.5 Å². The first kappa shape index (κ1) is 16.9. The molecule has 1 amide bonds. The average Bonchev–Trinajstić information content (AvgIpc) is 2.60. The highest BCUT2D eigenvalue weighted by atomic mass is 35.5. The lowest BCUT2D eigenvalue weighted by molar-refractivity contribution is 0.102. The smallest absolute Gasteiger partial charge is 0.274 e. The number of carbonyl (C=O) groups excluding carboxylic acids is 1. The van der Waals surface area contributed by atoms with Crippen LogP contribution < -0.4 is 10.6 Å². The predicted octanol–water partition coefficient (Wildman–Crippen LogP) is 5.18. The van der Waals surface area contributed by atoms with Gasteiger partial charge in [-0.1, -0.05) is 29.8 Å². The van der Waals surface area contributed by atoms with Crippen LogP contribution in [-0.2, 0) is 0 Å². The lowest BCUT2D eigenvalue weighted by atomic mass is 10.2. The van der Waals surface area contributed by atoms with Crippen LogP contribution in [0.25, 0.3) is 0 Å². The number of aryl methyl sites for hydroxylation is 1. The summed E-state index contributed by atoms with van der Waals surface area (Å²) in [6.45, 7) is 1.87. The van der Waals surface area contributed by atoms with Crippen LogP contribution in [0.2, 0.25) is 5.02 Å². The Hall–Kier alpha value is -2.92. The molecule has 0 bridgehead atoms. The van der Waals surface area contributed by atoms with Gasteiger partial charge < -0.3 is 10.6 Å². The van der Waals surface area contributed by atoms with Crippen LogP contribution in [0.3, 0.4) is 0 Å². The Kier molecular flexibility index (Phi) is 4.95. The number of hydrogen-bond acceptors (Lipinski definition) is 3. The Labute approximate surface area is 149 Å². The third-order valence-electron chi connectivity index (χ3n) is 3.59. The summed E-state index contributed by atoms with van der Waals surface area (Å²) < 4.78 is 13.7. The topological polar surface area (TPSA) is 54.0 Å². The SMILES string of the molecule is Cc1ccc(Cl)cc1NC(=O)c1cc(Nc2ccccc2F)ccn1. The molecule has 4 nitrogen and oxygen atoms in total. The lowest BCUT2D eigenvalue weighted by Gasteiger charge is -2.10. The summed E-state index contributed by atoms with van der Waals surface area (Å²) in [4.78, 5) is 16.5. The number of amides is 1. The zero-order valence-corrected chi connectivity index (χ0v) is 14.1. The second-order valence-electron chi connectivity index (χ2n) is 5.45. The van der Waals surface area contributed by atoms with E-state index in [0.717, 1.165) is 5.56 Å². The van der Waals surface area contributed by atoms with Crippen LogP contribution in [0.4, 0.5) is 21.5 Å². The second kappa shape index (κ2) is 7.32. The maximum Gasteiger partial charge on any atom is 0.274 e. The molecule has 0 spiro atoms. The Bertz CT molecular complexity index is 930. The molecule has 3 aromatic rings. The van der Waals surface area contributed by atoms with E-state index in [9.17, 15) is 9.18 Å². The molecule has 0 aliphatic carbocycles. The molecular formula is C19H15ClFN3O. The summed E-state index contributed by atoms with van der Waals surface area (Å²) in [5, 5.41) is 6.25. The Balaban J connectivity index is 1.80. The predicted molar refractivity (Wildman–Crippen MR) is 98.1 cm³/mol. The van der Waals surface area contributed by atoms with Gasteiger partial charge in [0.15, 0.2) is 0 Å². The maximum atomic E-state index is 13.7. The monoisotopic (exact) mass is 355 g/mol. The summed E-state index contributed by atoms with van der Waals surface area (Å²) in [7, 11) is 0. The number of hydrogen-bond donors (Lipinski definition) is 2. The van der Waals surface area contributed by atoms with Crippen molar-refractivity contribution >= 4 is 34.6 Å². The van der Waals surface area contributed by atoms with E-state index in [1.807, 2.05) is 13.0 Å². The van der Waals surface area contributed by atoms with Crippen molar-refractivity contribution in [3.63, 3.8) is 0 Å². The van der Waals surface area contributed by atoms with Gasteiger partial charge in [0.05, 0.1) is 5.69 Å². The number of para-hydroxylation sites is 1. The van der Waals surface area contributed by atoms with E-state index in [1.165, 1.54) is 12.3 Å². The Morgan fingerprint density at radius 2 is 1.88 bits per heavy atom. The molecule has 0 radical (unpaired) electrons. The lowest BCUT2D eigenvalue weighted by Crippen LogP contribution is -2.14. The second-order valence-corrected chi connectivity index (χ2v) is 5.88. The van der Waals surface area contributed by atoms with Crippen LogP contribution in [0.1, 0.15) is 16.1 Å². The van der Waals surface area contributed by atoms with E-state index in [2.05, 4.69) is 15.6 Å². The quantitative estimate of drug-likeness (QED) is 0.678. The maximum absolute atomic E-state index is 13.7. The van der Waals surface area contributed by atoms with Crippen LogP contribution >= 0.6 is 11.6 Å². The third-order valence-corrected chi connectivity index (χ3v) is 3.83. The van der Waals surface area contributed by atoms with Gasteiger partial charge in [0.25, 0.3) is 5.91 Å². The first-order valence-corrected chi connectivity index (χ1v) is 7.96. The summed E-state index contributed by atoms with van der Waals surface area (Å²) in [6.07, 6.45) is 1.49. The number of aromatic nitrogens is 1. The van der Waals surface area contributed by atoms with E-state index in [4.69, 9.17) is 11.6 Å². The number of rotatable bonds is 4. The number of anilines is 3. The molecule has 2 aromatic carbocycles. The van der Waals surface area contributed by atoms with E-state index in [-0.39, 0.29) is 17.4 Å². The summed E-state index contributed by atoms with van der Waals surface area (Å²) in [6, 6.07) is 14.8. The molecule has 25 heavy (non-hydrogen) atoms. The molecule has 0 saturated heterocycles. The van der Waals surface area contributed by atoms with Crippen LogP contribution in [0.5, 0.6) is 0 Å². The normalized spacial score (nSPS) is 10.4. The van der Waals surface area contributed by atoms with Gasteiger partial charge in [-0.15, -0.1) is 0 Å². The fourth-order valence-corrected chi connectivity index (χ4v) is 2.44. The fourth-order valence-electron chi connectivity index (χ4n) is 2.27. The summed E-state index contributed by atoms with van der Waals surface area (Å²) >= 11 is 5.96. The highest BCUT2D eigenvalue weighted by Gasteiger charge is 2.11. The van der Waals surface area contributed by atoms with E-state index in [0.29, 0.717) is 22.1 Å². The standard InChI is InChI=1S/C19H15ClFN3O/c1-12-6-7-13(20)10-17(12)24-19(25)18-11-14(8-9-22-18)23-16-5-3-2-4-15(16)21/h2-11H,1H3,(H,22,23)(H,24,25). The number of carbonyl (C=O) groups is 1. The first-order chi connectivity index (χ1) is 12.0. The van der Waals surface area contributed by atoms with Crippen molar-refractivity contribution < 1.29 is 9.18 Å². The van der Waals surface area contributed by atoms with Crippen molar-refractivity contribution in [2.45, 2.75) is 6.92 Å². The molecule has 1 heterocycles. The average molecular weight is 356 g/mol. The highest BCUT2D eigenvalue weighted by Crippen LogP contribution is 2.22. The van der Waals surface area contributed by atoms with E-state index < -0.39 is 0 Å². The van der Waals surface area contributed by atoms with Crippen molar-refractivity contribution in [3.05, 3.63) is 82.9 Å². The van der Waals surface area contributed by atoms with Crippen molar-refractivity contribution in [3.8, 4) is 0 Å². The minimum Gasteiger partial charge on any atom is -0.353 e. The van der Waals surface area contributed by atoms with Gasteiger partial charge in [-0.05, 0) is 48.9 Å². The Morgan fingerprint density at radius 3 is 2.68 bits per heavy atom. The zero-order chi connectivity index (χ0) is 17.8. The van der Waals surface area contributed by atoms with E-state index >= 15 is 0 Å². The summed E-state index contributed by atoms with van der Waals surface area (Å²) in [5.74, 6) is -0.748. The molecular weight excluding hydrogens is 341 g/mol. The molecule has 0 fully saturated rings. The van der Waals surface area contributed by atoms with Crippen molar-refractivity contribution in [2.75, 3.05) is 10.6 Å². The van der Waals surface area contributed by atoms with Gasteiger partial charge in [0.2, 0.25) is 0 Å². The molecule has 2 N–H and O–H groups in total. The van der Waals surface area contributed by atoms with Crippen molar-refractivity contribution in [1.82, 2.24) is 4.98 Å². The Morgan fingerprint density at radius 1 is 1.08 bits per heavy atom. The molecule has 0 saturated carbocycles. The largest absolute Gasteiger partial charge is 0.353 e. The van der Waals surface area contributed by atoms with Gasteiger partial charge in [-0.25, -0.2) is 4.39 Å². The number of halogens is 2. The van der Waals surface area contributed by atoms with Crippen LogP contribution in [0, 0.1) is 12.7 Å². The fraction of sp³-hybridized carbons (Fsp3) is 0.0526. The molecule has 6 heteroatoms. The molecule has 0 aliphatic heterocycles. The zero-order valence-electron chi connectivity index (χ0n) is 13.4. The molecule has 0 unspecified atom stereocenters. The van der Waals surface area contributed by atoms with Crippen molar-refractivity contribution in [2.24, 2.45) is 0 Å². The third kappa shape index (κ3) is 4.14. The molecule has 0 aliphatic rings. The number of nitrogens with one attached hydrogen (secondary N) is 2. The van der Waals surface area contributed by atoms with Gasteiger partial charge >= 0.3 is 0 Å². The highest BCUT2D eigenvalue weighted by molar-refractivity contribution is 6.31. The van der Waals surface area contributed by atoms with Gasteiger partial charge in [-0.3, -0.25) is 9.78 Å². The number of benzene rings is 2. The van der Waals surface area contributed by atoms with Crippen molar-refractivity contribution in [1.29, 1.82) is 0 Å². The van der Waals surface area contributed by atoms with Crippen LogP contribution in [-0.4, -0.2) is 10.9 Å². The summed E-state index contributed by atoms with van der Waals surface area (Å²) in [5.41, 5.74) is 2.60. The minimum absolute atomic E-state index is 0.209. The van der Waals surface area contributed by atoms with Gasteiger partial charge in [0.1, 0.15) is 11.5 Å². The first-order valence-electron chi connectivity index (χ1n) is 7.58. The van der Waals surface area contributed by atoms with Gasteiger partial charge in [0, 0.05) is 22.6 Å². The van der Waals surface area contributed by atoms with Gasteiger partial charge in [-0.2, -0.15) is 0 Å². The molecule has 0 atom stereocenters. The molecule has 1 aromatic heterocycles.